The fraction of sp³-hybridized carbons (Fsp3) is 1.00. The third-order valence-corrected chi connectivity index (χ3v) is 3.96. The molecular weight excluding hydrogens is 174 g/mol. The first kappa shape index (κ1) is 9.99. The lowest BCUT2D eigenvalue weighted by atomic mass is 9.96. The summed E-state index contributed by atoms with van der Waals surface area (Å²) in [5.41, 5.74) is 0. The minimum Gasteiger partial charge on any atom is -0.213 e. The molecule has 1 aliphatic heterocycles. The fourth-order valence-corrected chi connectivity index (χ4v) is 2.76. The van der Waals surface area contributed by atoms with Crippen molar-refractivity contribution in [3.63, 3.8) is 0 Å². The summed E-state index contributed by atoms with van der Waals surface area (Å²) in [6.07, 6.45) is 2.37. The number of rotatable bonds is 2. The van der Waals surface area contributed by atoms with E-state index in [0.29, 0.717) is 18.4 Å². The van der Waals surface area contributed by atoms with E-state index in [2.05, 4.69) is 13.8 Å². The minimum atomic E-state index is -2.95. The molecule has 0 N–H and O–H groups in total. The van der Waals surface area contributed by atoms with Gasteiger partial charge in [-0.2, -0.15) is 0 Å². The average Bonchev–Trinajstić information content (AvgIpc) is 2.29. The molecule has 0 bridgehead atoms. The number of hydrogen-bond acceptors (Lipinski definition) is 2. The molecule has 0 unspecified atom stereocenters. The molecule has 1 saturated heterocycles. The highest BCUT2D eigenvalue weighted by Gasteiger charge is 2.32. The third-order valence-electron chi connectivity index (χ3n) is 2.73. The largest absolute Gasteiger partial charge is 0.213 e. The van der Waals surface area contributed by atoms with Crippen LogP contribution >= 0.6 is 0 Å². The van der Waals surface area contributed by atoms with E-state index in [1.807, 2.05) is 0 Å². The molecular formula is C8H17NO2S. The smallest absolute Gasteiger partial charge is 0.211 e. The van der Waals surface area contributed by atoms with Gasteiger partial charge in [-0.05, 0) is 11.8 Å². The van der Waals surface area contributed by atoms with Crippen LogP contribution in [0.2, 0.25) is 0 Å². The van der Waals surface area contributed by atoms with Crippen LogP contribution in [-0.4, -0.2) is 32.1 Å². The predicted octanol–water partition coefficient (Wildman–Crippen LogP) is 0.924. The van der Waals surface area contributed by atoms with Crippen molar-refractivity contribution in [1.82, 2.24) is 4.31 Å². The SMILES string of the molecule is CC[C@H]1CN(S(C)(=O)=O)C[C@H]1C. The summed E-state index contributed by atoms with van der Waals surface area (Å²) in [5.74, 6) is 1.07. The van der Waals surface area contributed by atoms with Gasteiger partial charge in [0.1, 0.15) is 0 Å². The van der Waals surface area contributed by atoms with Crippen molar-refractivity contribution in [1.29, 1.82) is 0 Å². The standard InChI is InChI=1S/C8H17NO2S/c1-4-8-6-9(5-7(8)2)12(3,10)11/h7-8H,4-6H2,1-3H3/t7-,8+/m1/s1. The molecule has 0 amide bonds. The molecule has 1 aliphatic rings. The van der Waals surface area contributed by atoms with Crippen molar-refractivity contribution in [3.05, 3.63) is 0 Å². The Hall–Kier alpha value is -0.0900. The van der Waals surface area contributed by atoms with E-state index >= 15 is 0 Å². The van der Waals surface area contributed by atoms with Crippen molar-refractivity contribution in [2.45, 2.75) is 20.3 Å². The Kier molecular flexibility index (Phi) is 2.78. The topological polar surface area (TPSA) is 37.4 Å². The van der Waals surface area contributed by atoms with E-state index < -0.39 is 10.0 Å². The van der Waals surface area contributed by atoms with Crippen molar-refractivity contribution >= 4 is 10.0 Å². The molecule has 1 fully saturated rings. The second-order valence-electron chi connectivity index (χ2n) is 3.73. The molecule has 2 atom stereocenters. The maximum absolute atomic E-state index is 11.2. The summed E-state index contributed by atoms with van der Waals surface area (Å²) in [6, 6.07) is 0. The van der Waals surface area contributed by atoms with E-state index in [0.717, 1.165) is 13.0 Å². The van der Waals surface area contributed by atoms with Gasteiger partial charge >= 0.3 is 0 Å². The highest BCUT2D eigenvalue weighted by Crippen LogP contribution is 2.26. The maximum Gasteiger partial charge on any atom is 0.211 e. The number of hydrogen-bond donors (Lipinski definition) is 0. The van der Waals surface area contributed by atoms with E-state index in [1.165, 1.54) is 6.26 Å². The van der Waals surface area contributed by atoms with Crippen LogP contribution in [0.5, 0.6) is 0 Å². The first-order chi connectivity index (χ1) is 5.45. The molecule has 4 heteroatoms. The molecule has 72 valence electrons. The minimum absolute atomic E-state index is 0.518. The Morgan fingerprint density at radius 2 is 2.00 bits per heavy atom. The van der Waals surface area contributed by atoms with Gasteiger partial charge in [0.05, 0.1) is 6.26 Å². The lowest BCUT2D eigenvalue weighted by Gasteiger charge is -2.11. The van der Waals surface area contributed by atoms with E-state index in [1.54, 1.807) is 4.31 Å². The molecule has 3 nitrogen and oxygen atoms in total. The van der Waals surface area contributed by atoms with Crippen LogP contribution in [0.1, 0.15) is 20.3 Å². The summed E-state index contributed by atoms with van der Waals surface area (Å²) in [4.78, 5) is 0. The molecule has 0 aromatic carbocycles. The summed E-state index contributed by atoms with van der Waals surface area (Å²) < 4.78 is 23.9. The molecule has 1 heterocycles. The molecule has 0 saturated carbocycles. The quantitative estimate of drug-likeness (QED) is 0.651. The van der Waals surface area contributed by atoms with Gasteiger partial charge in [0.15, 0.2) is 0 Å². The predicted molar refractivity (Wildman–Crippen MR) is 49.4 cm³/mol. The second-order valence-corrected chi connectivity index (χ2v) is 5.71. The molecule has 0 aromatic heterocycles. The van der Waals surface area contributed by atoms with Crippen LogP contribution in [0.3, 0.4) is 0 Å². The molecule has 0 aliphatic carbocycles. The molecule has 0 radical (unpaired) electrons. The third kappa shape index (κ3) is 1.98. The summed E-state index contributed by atoms with van der Waals surface area (Å²) in [6.45, 7) is 5.67. The first-order valence-corrected chi connectivity index (χ1v) is 6.25. The highest BCUT2D eigenvalue weighted by molar-refractivity contribution is 7.88. The zero-order valence-electron chi connectivity index (χ0n) is 7.95. The fourth-order valence-electron chi connectivity index (χ4n) is 1.79. The monoisotopic (exact) mass is 191 g/mol. The van der Waals surface area contributed by atoms with Gasteiger partial charge in [0.25, 0.3) is 0 Å². The zero-order valence-corrected chi connectivity index (χ0v) is 8.76. The Labute approximate surface area is 74.8 Å². The summed E-state index contributed by atoms with van der Waals surface area (Å²) in [5, 5.41) is 0. The van der Waals surface area contributed by atoms with Gasteiger partial charge in [-0.25, -0.2) is 12.7 Å². The van der Waals surface area contributed by atoms with Gasteiger partial charge < -0.3 is 0 Å². The van der Waals surface area contributed by atoms with Crippen LogP contribution in [-0.2, 0) is 10.0 Å². The first-order valence-electron chi connectivity index (χ1n) is 4.40. The van der Waals surface area contributed by atoms with E-state index in [9.17, 15) is 8.42 Å². The van der Waals surface area contributed by atoms with Crippen molar-refractivity contribution in [2.24, 2.45) is 11.8 Å². The van der Waals surface area contributed by atoms with Crippen molar-refractivity contribution < 1.29 is 8.42 Å². The summed E-state index contributed by atoms with van der Waals surface area (Å²) >= 11 is 0. The van der Waals surface area contributed by atoms with Gasteiger partial charge in [-0.3, -0.25) is 0 Å². The Balaban J connectivity index is 2.67. The summed E-state index contributed by atoms with van der Waals surface area (Å²) in [7, 11) is -2.95. The number of sulfonamides is 1. The maximum atomic E-state index is 11.2. The van der Waals surface area contributed by atoms with Gasteiger partial charge in [0, 0.05) is 13.1 Å². The van der Waals surface area contributed by atoms with E-state index in [4.69, 9.17) is 0 Å². The Bertz CT molecular complexity index is 248. The average molecular weight is 191 g/mol. The Morgan fingerprint density at radius 3 is 2.25 bits per heavy atom. The van der Waals surface area contributed by atoms with Crippen LogP contribution in [0.15, 0.2) is 0 Å². The zero-order chi connectivity index (χ0) is 9.35. The van der Waals surface area contributed by atoms with Gasteiger partial charge in [-0.1, -0.05) is 20.3 Å². The normalized spacial score (nSPS) is 32.6. The van der Waals surface area contributed by atoms with Gasteiger partial charge in [-0.15, -0.1) is 0 Å². The van der Waals surface area contributed by atoms with Crippen LogP contribution in [0, 0.1) is 11.8 Å². The van der Waals surface area contributed by atoms with Crippen molar-refractivity contribution in [2.75, 3.05) is 19.3 Å². The lowest BCUT2D eigenvalue weighted by Crippen LogP contribution is -2.27. The molecule has 12 heavy (non-hydrogen) atoms. The Morgan fingerprint density at radius 1 is 1.42 bits per heavy atom. The molecule has 1 rings (SSSR count). The lowest BCUT2D eigenvalue weighted by molar-refractivity contribution is 0.436. The van der Waals surface area contributed by atoms with E-state index in [-0.39, 0.29) is 0 Å². The van der Waals surface area contributed by atoms with Gasteiger partial charge in [0.2, 0.25) is 10.0 Å². The molecule has 0 spiro atoms. The second kappa shape index (κ2) is 3.34. The highest BCUT2D eigenvalue weighted by atomic mass is 32.2. The van der Waals surface area contributed by atoms with Crippen LogP contribution in [0.4, 0.5) is 0 Å². The van der Waals surface area contributed by atoms with Crippen molar-refractivity contribution in [3.8, 4) is 0 Å². The van der Waals surface area contributed by atoms with Crippen LogP contribution in [0.25, 0.3) is 0 Å². The molecule has 0 aromatic rings. The number of nitrogens with zero attached hydrogens (tertiary/aromatic N) is 1. The van der Waals surface area contributed by atoms with Crippen LogP contribution < -0.4 is 0 Å².